The van der Waals surface area contributed by atoms with Crippen LogP contribution in [0.5, 0.6) is 0 Å². The molecule has 0 unspecified atom stereocenters. The van der Waals surface area contributed by atoms with E-state index in [-0.39, 0.29) is 0 Å². The van der Waals surface area contributed by atoms with Gasteiger partial charge in [0.1, 0.15) is 6.07 Å². The zero-order valence-electron chi connectivity index (χ0n) is 13.3. The van der Waals surface area contributed by atoms with Gasteiger partial charge in [-0.2, -0.15) is 10.4 Å². The molecule has 3 aromatic rings. The summed E-state index contributed by atoms with van der Waals surface area (Å²) in [6.07, 6.45) is 0. The maximum Gasteiger partial charge on any atom is 0.163 e. The van der Waals surface area contributed by atoms with Gasteiger partial charge in [-0.1, -0.05) is 41.4 Å². The third kappa shape index (κ3) is 2.74. The number of para-hydroxylation sites is 1. The largest absolute Gasteiger partial charge is 0.230 e. The summed E-state index contributed by atoms with van der Waals surface area (Å²) in [5.74, 6) is 0. The summed E-state index contributed by atoms with van der Waals surface area (Å²) in [7, 11) is 0. The lowest BCUT2D eigenvalue weighted by molar-refractivity contribution is 0.879. The SMILES string of the molecule is Cc1cc(C)c(-c2cc(C#N)nn2-c2ccccc2Cl)c(C)c1. The predicted molar refractivity (Wildman–Crippen MR) is 92.9 cm³/mol. The zero-order chi connectivity index (χ0) is 16.6. The third-order valence-electron chi connectivity index (χ3n) is 3.84. The van der Waals surface area contributed by atoms with Gasteiger partial charge in [-0.15, -0.1) is 0 Å². The Morgan fingerprint density at radius 2 is 1.70 bits per heavy atom. The molecule has 0 aliphatic rings. The van der Waals surface area contributed by atoms with Crippen LogP contribution < -0.4 is 0 Å². The van der Waals surface area contributed by atoms with Crippen LogP contribution in [-0.4, -0.2) is 9.78 Å². The fourth-order valence-corrected chi connectivity index (χ4v) is 3.22. The second-order valence-corrected chi connectivity index (χ2v) is 6.07. The first-order chi connectivity index (χ1) is 11.0. The van der Waals surface area contributed by atoms with Crippen molar-refractivity contribution in [3.8, 4) is 23.0 Å². The molecule has 0 atom stereocenters. The summed E-state index contributed by atoms with van der Waals surface area (Å²) in [6.45, 7) is 6.23. The van der Waals surface area contributed by atoms with Crippen LogP contribution >= 0.6 is 11.6 Å². The Morgan fingerprint density at radius 1 is 1.04 bits per heavy atom. The van der Waals surface area contributed by atoms with Crippen LogP contribution in [0.15, 0.2) is 42.5 Å². The molecule has 1 aromatic heterocycles. The third-order valence-corrected chi connectivity index (χ3v) is 4.16. The number of benzene rings is 2. The predicted octanol–water partition coefficient (Wildman–Crippen LogP) is 4.99. The molecule has 1 heterocycles. The molecule has 0 radical (unpaired) electrons. The van der Waals surface area contributed by atoms with E-state index < -0.39 is 0 Å². The zero-order valence-corrected chi connectivity index (χ0v) is 14.0. The first-order valence-corrected chi connectivity index (χ1v) is 7.72. The minimum Gasteiger partial charge on any atom is -0.230 e. The van der Waals surface area contributed by atoms with Crippen LogP contribution in [0.25, 0.3) is 16.9 Å². The van der Waals surface area contributed by atoms with Crippen molar-refractivity contribution in [2.45, 2.75) is 20.8 Å². The smallest absolute Gasteiger partial charge is 0.163 e. The van der Waals surface area contributed by atoms with E-state index in [9.17, 15) is 5.26 Å². The lowest BCUT2D eigenvalue weighted by atomic mass is 9.97. The molecule has 0 fully saturated rings. The molecule has 2 aromatic carbocycles. The molecule has 0 aliphatic heterocycles. The lowest BCUT2D eigenvalue weighted by Crippen LogP contribution is -2.02. The molecule has 3 nitrogen and oxygen atoms in total. The molecular weight excluding hydrogens is 306 g/mol. The average molecular weight is 322 g/mol. The van der Waals surface area contributed by atoms with Gasteiger partial charge in [0.25, 0.3) is 0 Å². The number of hydrogen-bond donors (Lipinski definition) is 0. The fraction of sp³-hybridized carbons (Fsp3) is 0.158. The van der Waals surface area contributed by atoms with Crippen LogP contribution in [0.1, 0.15) is 22.4 Å². The minimum absolute atomic E-state index is 0.374. The van der Waals surface area contributed by atoms with Crippen LogP contribution in [0.4, 0.5) is 0 Å². The molecule has 114 valence electrons. The highest BCUT2D eigenvalue weighted by Crippen LogP contribution is 2.32. The summed E-state index contributed by atoms with van der Waals surface area (Å²) in [5, 5.41) is 14.3. The van der Waals surface area contributed by atoms with Crippen molar-refractivity contribution in [1.82, 2.24) is 9.78 Å². The monoisotopic (exact) mass is 321 g/mol. The Hall–Kier alpha value is -2.57. The highest BCUT2D eigenvalue weighted by atomic mass is 35.5. The Kier molecular flexibility index (Phi) is 3.94. The minimum atomic E-state index is 0.374. The molecule has 0 bridgehead atoms. The quantitative estimate of drug-likeness (QED) is 0.667. The summed E-state index contributed by atoms with van der Waals surface area (Å²) in [6, 6.07) is 15.7. The van der Waals surface area contributed by atoms with Crippen LogP contribution in [0.3, 0.4) is 0 Å². The second-order valence-electron chi connectivity index (χ2n) is 5.66. The Balaban J connectivity index is 2.32. The molecule has 0 saturated heterocycles. The topological polar surface area (TPSA) is 41.6 Å². The molecule has 3 rings (SSSR count). The van der Waals surface area contributed by atoms with E-state index in [0.717, 1.165) is 28.1 Å². The molecular formula is C19H16ClN3. The summed E-state index contributed by atoms with van der Waals surface area (Å²) >= 11 is 6.33. The first kappa shape index (κ1) is 15.3. The second kappa shape index (κ2) is 5.91. The van der Waals surface area contributed by atoms with E-state index >= 15 is 0 Å². The number of rotatable bonds is 2. The number of aryl methyl sites for hydroxylation is 3. The van der Waals surface area contributed by atoms with Crippen molar-refractivity contribution in [2.75, 3.05) is 0 Å². The van der Waals surface area contributed by atoms with E-state index in [1.165, 1.54) is 5.56 Å². The highest BCUT2D eigenvalue weighted by Gasteiger charge is 2.17. The number of aromatic nitrogens is 2. The van der Waals surface area contributed by atoms with Crippen LogP contribution in [-0.2, 0) is 0 Å². The standard InChI is InChI=1S/C19H16ClN3/c1-12-8-13(2)19(14(3)9-12)18-10-15(11-21)22-23(18)17-7-5-4-6-16(17)20/h4-10H,1-3H3. The van der Waals surface area contributed by atoms with E-state index in [1.807, 2.05) is 30.3 Å². The molecule has 0 N–H and O–H groups in total. The maximum atomic E-state index is 9.26. The number of nitriles is 1. The molecule has 23 heavy (non-hydrogen) atoms. The van der Waals surface area contributed by atoms with Gasteiger partial charge in [-0.05, 0) is 44.0 Å². The Labute approximate surface area is 140 Å². The summed E-state index contributed by atoms with van der Waals surface area (Å²) in [4.78, 5) is 0. The highest BCUT2D eigenvalue weighted by molar-refractivity contribution is 6.32. The van der Waals surface area contributed by atoms with Gasteiger partial charge in [0, 0.05) is 11.6 Å². The Morgan fingerprint density at radius 3 is 2.30 bits per heavy atom. The van der Waals surface area contributed by atoms with E-state index in [2.05, 4.69) is 44.1 Å². The van der Waals surface area contributed by atoms with E-state index in [0.29, 0.717) is 10.7 Å². The van der Waals surface area contributed by atoms with Crippen LogP contribution in [0.2, 0.25) is 5.02 Å². The normalized spacial score (nSPS) is 10.6. The van der Waals surface area contributed by atoms with Gasteiger partial charge in [-0.25, -0.2) is 4.68 Å². The van der Waals surface area contributed by atoms with Gasteiger partial charge in [0.2, 0.25) is 0 Å². The van der Waals surface area contributed by atoms with Gasteiger partial charge < -0.3 is 0 Å². The number of halogens is 1. The molecule has 0 aliphatic carbocycles. The lowest BCUT2D eigenvalue weighted by Gasteiger charge is -2.14. The molecule has 0 spiro atoms. The van der Waals surface area contributed by atoms with Gasteiger partial charge >= 0.3 is 0 Å². The average Bonchev–Trinajstić information content (AvgIpc) is 2.90. The van der Waals surface area contributed by atoms with Gasteiger partial charge in [0.05, 0.1) is 16.4 Å². The van der Waals surface area contributed by atoms with Crippen LogP contribution in [0, 0.1) is 32.1 Å². The first-order valence-electron chi connectivity index (χ1n) is 7.34. The number of nitrogens with zero attached hydrogens (tertiary/aromatic N) is 3. The molecule has 0 amide bonds. The fourth-order valence-electron chi connectivity index (χ4n) is 3.01. The maximum absolute atomic E-state index is 9.26. The van der Waals surface area contributed by atoms with Gasteiger partial charge in [0.15, 0.2) is 5.69 Å². The van der Waals surface area contributed by atoms with E-state index in [1.54, 1.807) is 4.68 Å². The van der Waals surface area contributed by atoms with Gasteiger partial charge in [-0.3, -0.25) is 0 Å². The summed E-state index contributed by atoms with van der Waals surface area (Å²) in [5.41, 5.74) is 6.63. The van der Waals surface area contributed by atoms with Crippen molar-refractivity contribution in [2.24, 2.45) is 0 Å². The van der Waals surface area contributed by atoms with Crippen molar-refractivity contribution >= 4 is 11.6 Å². The van der Waals surface area contributed by atoms with Crippen molar-refractivity contribution in [1.29, 1.82) is 5.26 Å². The van der Waals surface area contributed by atoms with E-state index in [4.69, 9.17) is 11.6 Å². The number of hydrogen-bond acceptors (Lipinski definition) is 2. The summed E-state index contributed by atoms with van der Waals surface area (Å²) < 4.78 is 1.76. The Bertz CT molecular complexity index is 909. The van der Waals surface area contributed by atoms with Crippen molar-refractivity contribution < 1.29 is 0 Å². The molecule has 0 saturated carbocycles. The van der Waals surface area contributed by atoms with Crippen molar-refractivity contribution in [3.63, 3.8) is 0 Å². The van der Waals surface area contributed by atoms with Crippen molar-refractivity contribution in [3.05, 3.63) is 69.9 Å². The molecule has 4 heteroatoms.